The van der Waals surface area contributed by atoms with Gasteiger partial charge in [0.25, 0.3) is 0 Å². The van der Waals surface area contributed by atoms with Gasteiger partial charge in [0.1, 0.15) is 5.92 Å². The number of aromatic nitrogens is 1. The molecule has 0 saturated carbocycles. The van der Waals surface area contributed by atoms with E-state index in [1.54, 1.807) is 19.2 Å². The number of aliphatic imine (C=N–C) groups is 1. The van der Waals surface area contributed by atoms with Gasteiger partial charge in [-0.1, -0.05) is 43.7 Å². The molecule has 34 heavy (non-hydrogen) atoms. The predicted octanol–water partition coefficient (Wildman–Crippen LogP) is 4.54. The van der Waals surface area contributed by atoms with Gasteiger partial charge in [-0.3, -0.25) is 9.79 Å². The summed E-state index contributed by atoms with van der Waals surface area (Å²) >= 11 is 1.33. The Morgan fingerprint density at radius 2 is 1.91 bits per heavy atom. The van der Waals surface area contributed by atoms with Gasteiger partial charge < -0.3 is 15.6 Å². The molecular formula is C26H33N3O4S. The number of hydrogen-bond acceptors (Lipinski definition) is 7. The zero-order chi connectivity index (χ0) is 25.0. The van der Waals surface area contributed by atoms with Gasteiger partial charge in [0.15, 0.2) is 5.69 Å². The Morgan fingerprint density at radius 3 is 2.47 bits per heavy atom. The highest BCUT2D eigenvalue weighted by Gasteiger charge is 2.52. The van der Waals surface area contributed by atoms with Crippen molar-refractivity contribution < 1.29 is 19.4 Å². The maximum atomic E-state index is 12.8. The summed E-state index contributed by atoms with van der Waals surface area (Å²) in [4.78, 5) is 34.3. The van der Waals surface area contributed by atoms with Crippen LogP contribution in [0.3, 0.4) is 0 Å². The molecule has 1 aromatic carbocycles. The number of carbonyl (C=O) groups excluding carboxylic acids is 1. The van der Waals surface area contributed by atoms with Gasteiger partial charge in [-0.25, -0.2) is 9.78 Å². The van der Waals surface area contributed by atoms with Crippen LogP contribution in [0.5, 0.6) is 0 Å². The predicted molar refractivity (Wildman–Crippen MR) is 134 cm³/mol. The number of aliphatic carboxylic acids is 1. The molecule has 2 aromatic rings. The Kier molecular flexibility index (Phi) is 8.05. The van der Waals surface area contributed by atoms with E-state index in [2.05, 4.69) is 18.8 Å². The van der Waals surface area contributed by atoms with E-state index in [-0.39, 0.29) is 25.3 Å². The van der Waals surface area contributed by atoms with Crippen molar-refractivity contribution in [2.45, 2.75) is 52.9 Å². The largest absolute Gasteiger partial charge is 0.481 e. The standard InChI is InChI=1S/C26H33N3O4S/c1-6-33-25(32)21-14-34-22(29-21)12-26(18-9-7-16(4)8-10-18)19(13-27)20(11-15(2)3)28-17(5)23(26)24(30)31/h7-10,14-15,23H,6,11-13,27H2,1-5H3,(H,30,31). The summed E-state index contributed by atoms with van der Waals surface area (Å²) < 4.78 is 5.10. The maximum absolute atomic E-state index is 12.8. The van der Waals surface area contributed by atoms with Crippen LogP contribution in [0.2, 0.25) is 0 Å². The Labute approximate surface area is 204 Å². The summed E-state index contributed by atoms with van der Waals surface area (Å²) in [5.41, 5.74) is 9.74. The van der Waals surface area contributed by atoms with Crippen LogP contribution < -0.4 is 5.73 Å². The van der Waals surface area contributed by atoms with Crippen LogP contribution in [-0.2, 0) is 21.4 Å². The molecule has 1 aliphatic heterocycles. The number of ether oxygens (including phenoxy) is 1. The minimum absolute atomic E-state index is 0.173. The normalized spacial score (nSPS) is 20.4. The van der Waals surface area contributed by atoms with Crippen molar-refractivity contribution in [1.29, 1.82) is 0 Å². The number of nitrogens with two attached hydrogens (primary N) is 1. The molecule has 0 amide bonds. The molecular weight excluding hydrogens is 450 g/mol. The highest BCUT2D eigenvalue weighted by atomic mass is 32.1. The highest BCUT2D eigenvalue weighted by Crippen LogP contribution is 2.48. The molecule has 2 heterocycles. The number of nitrogens with zero attached hydrogens (tertiary/aromatic N) is 2. The van der Waals surface area contributed by atoms with Crippen LogP contribution in [-0.4, -0.2) is 40.9 Å². The van der Waals surface area contributed by atoms with E-state index >= 15 is 0 Å². The monoisotopic (exact) mass is 483 g/mol. The van der Waals surface area contributed by atoms with Gasteiger partial charge in [-0.05, 0) is 44.2 Å². The summed E-state index contributed by atoms with van der Waals surface area (Å²) in [7, 11) is 0. The summed E-state index contributed by atoms with van der Waals surface area (Å²) in [6.07, 6.45) is 0.980. The molecule has 0 aliphatic carbocycles. The summed E-state index contributed by atoms with van der Waals surface area (Å²) in [5, 5.41) is 12.8. The van der Waals surface area contributed by atoms with E-state index in [1.165, 1.54) is 11.3 Å². The molecule has 1 aliphatic rings. The average molecular weight is 484 g/mol. The molecule has 182 valence electrons. The van der Waals surface area contributed by atoms with E-state index in [0.29, 0.717) is 23.1 Å². The summed E-state index contributed by atoms with van der Waals surface area (Å²) in [6.45, 7) is 10.2. The number of thiazole rings is 1. The second-order valence-electron chi connectivity index (χ2n) is 9.11. The number of carboxylic acids is 1. The minimum atomic E-state index is -0.978. The Hall–Kier alpha value is -2.84. The first-order valence-corrected chi connectivity index (χ1v) is 12.4. The second kappa shape index (κ2) is 10.6. The third kappa shape index (κ3) is 4.98. The number of carbonyl (C=O) groups is 2. The summed E-state index contributed by atoms with van der Waals surface area (Å²) in [6, 6.07) is 7.93. The van der Waals surface area contributed by atoms with E-state index < -0.39 is 23.3 Å². The van der Waals surface area contributed by atoms with Gasteiger partial charge in [0.05, 0.1) is 11.6 Å². The zero-order valence-corrected chi connectivity index (χ0v) is 21.2. The van der Waals surface area contributed by atoms with Crippen LogP contribution in [0.1, 0.15) is 60.7 Å². The first-order valence-electron chi connectivity index (χ1n) is 11.5. The van der Waals surface area contributed by atoms with Crippen molar-refractivity contribution in [3.05, 3.63) is 62.7 Å². The van der Waals surface area contributed by atoms with Crippen molar-refractivity contribution in [3.8, 4) is 0 Å². The van der Waals surface area contributed by atoms with E-state index in [4.69, 9.17) is 15.5 Å². The lowest BCUT2D eigenvalue weighted by Crippen LogP contribution is -2.51. The van der Waals surface area contributed by atoms with Crippen LogP contribution in [0.25, 0.3) is 0 Å². The fourth-order valence-corrected chi connectivity index (χ4v) is 5.67. The number of esters is 1. The van der Waals surface area contributed by atoms with Crippen molar-refractivity contribution in [2.75, 3.05) is 13.2 Å². The molecule has 3 rings (SSSR count). The third-order valence-electron chi connectivity index (χ3n) is 6.19. The fourth-order valence-electron chi connectivity index (χ4n) is 4.81. The lowest BCUT2D eigenvalue weighted by atomic mass is 9.60. The Morgan fingerprint density at radius 1 is 1.24 bits per heavy atom. The van der Waals surface area contributed by atoms with Crippen LogP contribution in [0.15, 0.2) is 45.9 Å². The first kappa shape index (κ1) is 25.8. The van der Waals surface area contributed by atoms with Crippen molar-refractivity contribution in [1.82, 2.24) is 4.98 Å². The minimum Gasteiger partial charge on any atom is -0.481 e. The fraction of sp³-hybridized carbons (Fsp3) is 0.462. The number of rotatable bonds is 9. The quantitative estimate of drug-likeness (QED) is 0.506. The molecule has 8 heteroatoms. The third-order valence-corrected chi connectivity index (χ3v) is 7.04. The molecule has 2 unspecified atom stereocenters. The number of aryl methyl sites for hydroxylation is 1. The van der Waals surface area contributed by atoms with Crippen LogP contribution in [0, 0.1) is 18.8 Å². The van der Waals surface area contributed by atoms with E-state index in [1.807, 2.05) is 31.2 Å². The molecule has 0 spiro atoms. The van der Waals surface area contributed by atoms with E-state index in [9.17, 15) is 14.7 Å². The highest BCUT2D eigenvalue weighted by molar-refractivity contribution is 7.09. The van der Waals surface area contributed by atoms with Gasteiger partial charge in [0.2, 0.25) is 0 Å². The van der Waals surface area contributed by atoms with Crippen molar-refractivity contribution in [2.24, 2.45) is 22.6 Å². The van der Waals surface area contributed by atoms with Gasteiger partial charge >= 0.3 is 11.9 Å². The number of allylic oxidation sites excluding steroid dienone is 1. The molecule has 0 fully saturated rings. The number of hydrogen-bond donors (Lipinski definition) is 2. The molecule has 7 nitrogen and oxygen atoms in total. The average Bonchev–Trinajstić information content (AvgIpc) is 3.22. The van der Waals surface area contributed by atoms with Gasteiger partial charge in [0, 0.05) is 35.2 Å². The SMILES string of the molecule is CCOC(=O)c1csc(CC2(c3ccc(C)cc3)C(CN)=C(CC(C)C)N=C(C)C2C(=O)O)n1. The van der Waals surface area contributed by atoms with Crippen molar-refractivity contribution in [3.63, 3.8) is 0 Å². The number of carboxylic acid groups (broad SMARTS) is 1. The Bertz CT molecular complexity index is 1120. The second-order valence-corrected chi connectivity index (χ2v) is 10.1. The van der Waals surface area contributed by atoms with Gasteiger partial charge in [-0.15, -0.1) is 11.3 Å². The number of benzene rings is 1. The lowest BCUT2D eigenvalue weighted by molar-refractivity contribution is -0.141. The van der Waals surface area contributed by atoms with Crippen LogP contribution in [0.4, 0.5) is 0 Å². The molecule has 2 atom stereocenters. The molecule has 0 bridgehead atoms. The topological polar surface area (TPSA) is 115 Å². The molecule has 0 radical (unpaired) electrons. The van der Waals surface area contributed by atoms with Gasteiger partial charge in [-0.2, -0.15) is 0 Å². The smallest absolute Gasteiger partial charge is 0.357 e. The van der Waals surface area contributed by atoms with Crippen LogP contribution >= 0.6 is 11.3 Å². The summed E-state index contributed by atoms with van der Waals surface area (Å²) in [5.74, 6) is -2.04. The maximum Gasteiger partial charge on any atom is 0.357 e. The Balaban J connectivity index is 2.28. The first-order chi connectivity index (χ1) is 16.1. The van der Waals surface area contributed by atoms with E-state index in [0.717, 1.165) is 22.4 Å². The molecule has 3 N–H and O–H groups in total. The molecule has 0 saturated heterocycles. The lowest BCUT2D eigenvalue weighted by Gasteiger charge is -2.44. The zero-order valence-electron chi connectivity index (χ0n) is 20.4. The van der Waals surface area contributed by atoms with Crippen molar-refractivity contribution >= 4 is 29.0 Å². The molecule has 1 aromatic heterocycles.